The minimum atomic E-state index is -0.466. The van der Waals surface area contributed by atoms with E-state index in [-0.39, 0.29) is 0 Å². The lowest BCUT2D eigenvalue weighted by Crippen LogP contribution is -2.12. The number of esters is 1. The summed E-state index contributed by atoms with van der Waals surface area (Å²) in [5.41, 5.74) is 2.83. The Morgan fingerprint density at radius 3 is 2.31 bits per heavy atom. The third kappa shape index (κ3) is 4.07. The molecule has 0 bridgehead atoms. The van der Waals surface area contributed by atoms with Crippen molar-refractivity contribution in [2.45, 2.75) is 0 Å². The lowest BCUT2D eigenvalue weighted by molar-refractivity contribution is 0.0722. The van der Waals surface area contributed by atoms with E-state index in [2.05, 4.69) is 21.0 Å². The smallest absolute Gasteiger partial charge is 0.346 e. The van der Waals surface area contributed by atoms with E-state index in [9.17, 15) is 4.79 Å². The lowest BCUT2D eigenvalue weighted by atomic mass is 10.2. The maximum Gasteiger partial charge on any atom is 0.346 e. The molecule has 3 aromatic carbocycles. The van der Waals surface area contributed by atoms with Crippen LogP contribution in [0.3, 0.4) is 0 Å². The second kappa shape index (κ2) is 8.32. The van der Waals surface area contributed by atoms with Gasteiger partial charge in [0.1, 0.15) is 5.75 Å². The zero-order valence-corrected chi connectivity index (χ0v) is 17.2. The van der Waals surface area contributed by atoms with Crippen LogP contribution in [0.5, 0.6) is 11.6 Å². The van der Waals surface area contributed by atoms with Crippen molar-refractivity contribution < 1.29 is 14.3 Å². The van der Waals surface area contributed by atoms with Crippen LogP contribution < -0.4 is 9.47 Å². The molecule has 0 unspecified atom stereocenters. The molecular formula is C23H17BrN2O3. The van der Waals surface area contributed by atoms with E-state index in [0.29, 0.717) is 21.6 Å². The third-order valence-corrected chi connectivity index (χ3v) is 5.05. The van der Waals surface area contributed by atoms with Crippen molar-refractivity contribution in [3.63, 3.8) is 0 Å². The predicted octanol–water partition coefficient (Wildman–Crippen LogP) is 5.53. The summed E-state index contributed by atoms with van der Waals surface area (Å²) in [5, 5.41) is 4.66. The first-order valence-electron chi connectivity index (χ1n) is 8.92. The molecule has 0 N–H and O–H groups in total. The van der Waals surface area contributed by atoms with Gasteiger partial charge in [0, 0.05) is 16.1 Å². The fraction of sp³-hybridized carbons (Fsp3) is 0.0435. The zero-order chi connectivity index (χ0) is 20.2. The van der Waals surface area contributed by atoms with E-state index in [1.54, 1.807) is 36.1 Å². The SMILES string of the molecule is COc1ccc(-n2nc(-c3ccccc3)cc2OC(=O)c2ccccc2Br)cc1. The van der Waals surface area contributed by atoms with Crippen molar-refractivity contribution in [1.29, 1.82) is 0 Å². The normalized spacial score (nSPS) is 10.6. The van der Waals surface area contributed by atoms with Gasteiger partial charge in [-0.1, -0.05) is 42.5 Å². The number of benzene rings is 3. The number of carbonyl (C=O) groups excluding carboxylic acids is 1. The number of halogens is 1. The fourth-order valence-corrected chi connectivity index (χ4v) is 3.32. The molecule has 0 atom stereocenters. The average molecular weight is 449 g/mol. The van der Waals surface area contributed by atoms with E-state index in [1.165, 1.54) is 0 Å². The van der Waals surface area contributed by atoms with E-state index in [4.69, 9.17) is 9.47 Å². The highest BCUT2D eigenvalue weighted by Crippen LogP contribution is 2.28. The summed E-state index contributed by atoms with van der Waals surface area (Å²) in [6, 6.07) is 26.0. The van der Waals surface area contributed by atoms with E-state index >= 15 is 0 Å². The Bertz CT molecular complexity index is 1140. The van der Waals surface area contributed by atoms with E-state index < -0.39 is 5.97 Å². The minimum Gasteiger partial charge on any atom is -0.497 e. The molecule has 0 saturated carbocycles. The van der Waals surface area contributed by atoms with Crippen molar-refractivity contribution in [2.75, 3.05) is 7.11 Å². The highest BCUT2D eigenvalue weighted by Gasteiger charge is 2.18. The summed E-state index contributed by atoms with van der Waals surface area (Å²) in [6.07, 6.45) is 0. The van der Waals surface area contributed by atoms with Gasteiger partial charge in [0.15, 0.2) is 0 Å². The first-order chi connectivity index (χ1) is 14.2. The molecule has 29 heavy (non-hydrogen) atoms. The van der Waals surface area contributed by atoms with Crippen LogP contribution >= 0.6 is 15.9 Å². The number of carbonyl (C=O) groups is 1. The van der Waals surface area contributed by atoms with Crippen molar-refractivity contribution in [3.8, 4) is 28.6 Å². The Balaban J connectivity index is 1.75. The summed E-state index contributed by atoms with van der Waals surface area (Å²) >= 11 is 3.39. The molecule has 0 aliphatic rings. The molecule has 0 spiro atoms. The first kappa shape index (κ1) is 19.0. The van der Waals surface area contributed by atoms with Crippen molar-refractivity contribution in [1.82, 2.24) is 9.78 Å². The molecular weight excluding hydrogens is 432 g/mol. The Labute approximate surface area is 176 Å². The molecule has 0 aliphatic heterocycles. The largest absolute Gasteiger partial charge is 0.497 e. The first-order valence-corrected chi connectivity index (χ1v) is 9.71. The molecule has 0 fully saturated rings. The lowest BCUT2D eigenvalue weighted by Gasteiger charge is -2.09. The van der Waals surface area contributed by atoms with Gasteiger partial charge in [0.2, 0.25) is 5.88 Å². The number of rotatable bonds is 5. The number of hydrogen-bond donors (Lipinski definition) is 0. The molecule has 1 heterocycles. The van der Waals surface area contributed by atoms with Crippen LogP contribution in [0.1, 0.15) is 10.4 Å². The van der Waals surface area contributed by atoms with Crippen molar-refractivity contribution >= 4 is 21.9 Å². The number of hydrogen-bond acceptors (Lipinski definition) is 4. The maximum absolute atomic E-state index is 12.8. The van der Waals surface area contributed by atoms with Gasteiger partial charge in [-0.3, -0.25) is 0 Å². The average Bonchev–Trinajstić information content (AvgIpc) is 3.18. The number of aromatic nitrogens is 2. The summed E-state index contributed by atoms with van der Waals surface area (Å²) < 4.78 is 13.2. The van der Waals surface area contributed by atoms with Crippen LogP contribution in [-0.4, -0.2) is 22.9 Å². The van der Waals surface area contributed by atoms with Crippen LogP contribution in [0.2, 0.25) is 0 Å². The highest BCUT2D eigenvalue weighted by molar-refractivity contribution is 9.10. The van der Waals surface area contributed by atoms with Crippen LogP contribution in [0, 0.1) is 0 Å². The topological polar surface area (TPSA) is 53.4 Å². The van der Waals surface area contributed by atoms with Gasteiger partial charge < -0.3 is 9.47 Å². The van der Waals surface area contributed by atoms with Gasteiger partial charge in [-0.15, -0.1) is 0 Å². The van der Waals surface area contributed by atoms with Gasteiger partial charge in [-0.25, -0.2) is 4.79 Å². The predicted molar refractivity (Wildman–Crippen MR) is 115 cm³/mol. The quantitative estimate of drug-likeness (QED) is 0.376. The zero-order valence-electron chi connectivity index (χ0n) is 15.6. The molecule has 4 rings (SSSR count). The third-order valence-electron chi connectivity index (χ3n) is 4.35. The van der Waals surface area contributed by atoms with Gasteiger partial charge >= 0.3 is 5.97 Å². The van der Waals surface area contributed by atoms with Crippen LogP contribution in [0.4, 0.5) is 0 Å². The summed E-state index contributed by atoms with van der Waals surface area (Å²) in [4.78, 5) is 12.8. The van der Waals surface area contributed by atoms with E-state index in [1.807, 2.05) is 60.7 Å². The molecule has 5 nitrogen and oxygen atoms in total. The highest BCUT2D eigenvalue weighted by atomic mass is 79.9. The van der Waals surface area contributed by atoms with Gasteiger partial charge in [0.05, 0.1) is 24.1 Å². The summed E-state index contributed by atoms with van der Waals surface area (Å²) in [7, 11) is 1.61. The Kier molecular flexibility index (Phi) is 5.44. The number of methoxy groups -OCH3 is 1. The maximum atomic E-state index is 12.8. The molecule has 1 aromatic heterocycles. The Morgan fingerprint density at radius 2 is 1.62 bits per heavy atom. The molecule has 6 heteroatoms. The summed E-state index contributed by atoms with van der Waals surface area (Å²) in [6.45, 7) is 0. The Morgan fingerprint density at radius 1 is 0.931 bits per heavy atom. The van der Waals surface area contributed by atoms with Gasteiger partial charge in [-0.05, 0) is 52.3 Å². The monoisotopic (exact) mass is 448 g/mol. The second-order valence-electron chi connectivity index (χ2n) is 6.21. The molecule has 0 amide bonds. The standard InChI is InChI=1S/C23H17BrN2O3/c1-28-18-13-11-17(12-14-18)26-22(15-21(25-26)16-7-3-2-4-8-16)29-23(27)19-9-5-6-10-20(19)24/h2-15H,1H3. The molecule has 0 saturated heterocycles. The number of nitrogens with zero attached hydrogens (tertiary/aromatic N) is 2. The minimum absolute atomic E-state index is 0.328. The molecule has 144 valence electrons. The van der Waals surface area contributed by atoms with Crippen LogP contribution in [-0.2, 0) is 0 Å². The van der Waals surface area contributed by atoms with Gasteiger partial charge in [0.25, 0.3) is 0 Å². The van der Waals surface area contributed by atoms with Crippen molar-refractivity contribution in [3.05, 3.63) is 95.0 Å². The molecule has 0 aliphatic carbocycles. The Hall–Kier alpha value is -3.38. The fourth-order valence-electron chi connectivity index (χ4n) is 2.87. The van der Waals surface area contributed by atoms with Crippen LogP contribution in [0.25, 0.3) is 16.9 Å². The number of ether oxygens (including phenoxy) is 2. The van der Waals surface area contributed by atoms with Gasteiger partial charge in [-0.2, -0.15) is 9.78 Å². The molecule has 4 aromatic rings. The molecule has 0 radical (unpaired) electrons. The second-order valence-corrected chi connectivity index (χ2v) is 7.07. The van der Waals surface area contributed by atoms with Crippen LogP contribution in [0.15, 0.2) is 89.4 Å². The van der Waals surface area contributed by atoms with E-state index in [0.717, 1.165) is 17.0 Å². The van der Waals surface area contributed by atoms with Crippen molar-refractivity contribution in [2.24, 2.45) is 0 Å². The summed E-state index contributed by atoms with van der Waals surface area (Å²) in [5.74, 6) is 0.595.